The third-order valence-corrected chi connectivity index (χ3v) is 4.60. The minimum atomic E-state index is 0.174. The standard InChI is InChI=1S/C20H22ClN3O/c1-14(24-19(22)15-7-5-8-16(21)13-15)18-11-6-12-23-20(18)25-17-9-3-2-4-10-17/h5-8,11-13,17,22H,2-4,9-10H2,1H3. The van der Waals surface area contributed by atoms with E-state index in [-0.39, 0.29) is 11.9 Å². The van der Waals surface area contributed by atoms with Crippen molar-refractivity contribution in [2.45, 2.75) is 45.1 Å². The Bertz CT molecular complexity index is 782. The number of halogens is 1. The van der Waals surface area contributed by atoms with Gasteiger partial charge in [-0.1, -0.05) is 30.2 Å². The van der Waals surface area contributed by atoms with Crippen molar-refractivity contribution in [2.24, 2.45) is 4.99 Å². The van der Waals surface area contributed by atoms with Crippen LogP contribution in [0, 0.1) is 5.41 Å². The molecule has 4 nitrogen and oxygen atoms in total. The van der Waals surface area contributed by atoms with Crippen molar-refractivity contribution in [3.05, 3.63) is 58.7 Å². The summed E-state index contributed by atoms with van der Waals surface area (Å²) < 4.78 is 6.13. The Morgan fingerprint density at radius 2 is 2.00 bits per heavy atom. The third-order valence-electron chi connectivity index (χ3n) is 4.37. The van der Waals surface area contributed by atoms with Crippen LogP contribution in [0.1, 0.15) is 50.2 Å². The predicted octanol–water partition coefficient (Wildman–Crippen LogP) is 5.28. The SMILES string of the molecule is CC(=NC(=N)c1cccc(Cl)c1)c1cccnc1OC1CCCCC1. The first-order chi connectivity index (χ1) is 12.1. The normalized spacial score (nSPS) is 15.8. The van der Waals surface area contributed by atoms with E-state index in [0.717, 1.165) is 18.4 Å². The Morgan fingerprint density at radius 3 is 2.76 bits per heavy atom. The molecule has 3 rings (SSSR count). The van der Waals surface area contributed by atoms with Crippen LogP contribution in [0.5, 0.6) is 5.88 Å². The van der Waals surface area contributed by atoms with Gasteiger partial charge in [-0.05, 0) is 56.9 Å². The Labute approximate surface area is 153 Å². The van der Waals surface area contributed by atoms with E-state index in [1.54, 1.807) is 18.3 Å². The maximum Gasteiger partial charge on any atom is 0.222 e. The van der Waals surface area contributed by atoms with Crippen LogP contribution >= 0.6 is 11.6 Å². The first kappa shape index (κ1) is 17.6. The molecular weight excluding hydrogens is 334 g/mol. The second kappa shape index (κ2) is 8.26. The number of nitrogens with zero attached hydrogens (tertiary/aromatic N) is 2. The number of benzene rings is 1. The summed E-state index contributed by atoms with van der Waals surface area (Å²) in [6.07, 6.45) is 7.81. The van der Waals surface area contributed by atoms with E-state index in [1.807, 2.05) is 31.2 Å². The number of rotatable bonds is 4. The van der Waals surface area contributed by atoms with Gasteiger partial charge < -0.3 is 4.74 Å². The molecule has 1 fully saturated rings. The summed E-state index contributed by atoms with van der Waals surface area (Å²) in [6, 6.07) is 11.0. The molecule has 2 aromatic rings. The monoisotopic (exact) mass is 355 g/mol. The van der Waals surface area contributed by atoms with Crippen molar-refractivity contribution < 1.29 is 4.74 Å². The summed E-state index contributed by atoms with van der Waals surface area (Å²) in [5.74, 6) is 0.780. The zero-order valence-corrected chi connectivity index (χ0v) is 15.1. The molecule has 0 unspecified atom stereocenters. The van der Waals surface area contributed by atoms with Crippen LogP contribution < -0.4 is 4.74 Å². The van der Waals surface area contributed by atoms with Gasteiger partial charge in [-0.2, -0.15) is 0 Å². The first-order valence-electron chi connectivity index (χ1n) is 8.65. The highest BCUT2D eigenvalue weighted by atomic mass is 35.5. The Balaban J connectivity index is 1.81. The molecule has 1 aliphatic rings. The summed E-state index contributed by atoms with van der Waals surface area (Å²) in [5.41, 5.74) is 2.23. The molecule has 0 amide bonds. The lowest BCUT2D eigenvalue weighted by Gasteiger charge is -2.23. The predicted molar refractivity (Wildman–Crippen MR) is 102 cm³/mol. The minimum Gasteiger partial charge on any atom is -0.474 e. The van der Waals surface area contributed by atoms with Gasteiger partial charge in [-0.25, -0.2) is 9.98 Å². The molecule has 0 spiro atoms. The molecule has 0 radical (unpaired) electrons. The maximum absolute atomic E-state index is 8.22. The summed E-state index contributed by atoms with van der Waals surface area (Å²) in [4.78, 5) is 8.83. The van der Waals surface area contributed by atoms with Gasteiger partial charge >= 0.3 is 0 Å². The van der Waals surface area contributed by atoms with E-state index < -0.39 is 0 Å². The summed E-state index contributed by atoms with van der Waals surface area (Å²) in [6.45, 7) is 1.88. The zero-order chi connectivity index (χ0) is 17.6. The van der Waals surface area contributed by atoms with E-state index in [0.29, 0.717) is 22.2 Å². The molecular formula is C20H22ClN3O. The number of ether oxygens (including phenoxy) is 1. The highest BCUT2D eigenvalue weighted by Crippen LogP contribution is 2.25. The van der Waals surface area contributed by atoms with Gasteiger partial charge in [-0.15, -0.1) is 0 Å². The summed E-state index contributed by atoms with van der Waals surface area (Å²) in [5, 5.41) is 8.82. The smallest absolute Gasteiger partial charge is 0.222 e. The summed E-state index contributed by atoms with van der Waals surface area (Å²) >= 11 is 6.00. The van der Waals surface area contributed by atoms with Gasteiger partial charge in [0.2, 0.25) is 5.88 Å². The van der Waals surface area contributed by atoms with E-state index in [4.69, 9.17) is 21.7 Å². The Kier molecular flexibility index (Phi) is 5.82. The molecule has 0 aliphatic heterocycles. The second-order valence-corrected chi connectivity index (χ2v) is 6.73. The maximum atomic E-state index is 8.22. The Hall–Kier alpha value is -2.20. The summed E-state index contributed by atoms with van der Waals surface area (Å²) in [7, 11) is 0. The van der Waals surface area contributed by atoms with Gasteiger partial charge in [-0.3, -0.25) is 5.41 Å². The fraction of sp³-hybridized carbons (Fsp3) is 0.350. The average molecular weight is 356 g/mol. The quantitative estimate of drug-likeness (QED) is 0.599. The zero-order valence-electron chi connectivity index (χ0n) is 14.3. The van der Waals surface area contributed by atoms with Gasteiger partial charge in [0.1, 0.15) is 6.10 Å². The van der Waals surface area contributed by atoms with E-state index in [9.17, 15) is 0 Å². The van der Waals surface area contributed by atoms with Gasteiger partial charge in [0, 0.05) is 16.8 Å². The molecule has 1 heterocycles. The number of pyridine rings is 1. The van der Waals surface area contributed by atoms with Crippen molar-refractivity contribution in [1.82, 2.24) is 4.98 Å². The van der Waals surface area contributed by atoms with Crippen LogP contribution in [0.3, 0.4) is 0 Å². The first-order valence-corrected chi connectivity index (χ1v) is 9.03. The van der Waals surface area contributed by atoms with Crippen molar-refractivity contribution in [2.75, 3.05) is 0 Å². The van der Waals surface area contributed by atoms with Crippen LogP contribution in [0.2, 0.25) is 5.02 Å². The highest BCUT2D eigenvalue weighted by Gasteiger charge is 2.18. The largest absolute Gasteiger partial charge is 0.474 e. The van der Waals surface area contributed by atoms with Crippen LogP contribution in [0.15, 0.2) is 47.6 Å². The number of hydrogen-bond donors (Lipinski definition) is 1. The number of amidine groups is 1. The third kappa shape index (κ3) is 4.67. The van der Waals surface area contributed by atoms with Crippen molar-refractivity contribution in [3.8, 4) is 5.88 Å². The van der Waals surface area contributed by atoms with Crippen molar-refractivity contribution >= 4 is 23.1 Å². The number of nitrogens with one attached hydrogen (secondary N) is 1. The molecule has 1 aliphatic carbocycles. The van der Waals surface area contributed by atoms with Crippen LogP contribution in [-0.4, -0.2) is 22.6 Å². The Morgan fingerprint density at radius 1 is 1.20 bits per heavy atom. The van der Waals surface area contributed by atoms with E-state index in [1.165, 1.54) is 19.3 Å². The molecule has 1 saturated carbocycles. The average Bonchev–Trinajstić information content (AvgIpc) is 2.63. The van der Waals surface area contributed by atoms with Crippen LogP contribution in [0.25, 0.3) is 0 Å². The van der Waals surface area contributed by atoms with Gasteiger partial charge in [0.15, 0.2) is 5.84 Å². The number of aromatic nitrogens is 1. The molecule has 0 atom stereocenters. The lowest BCUT2D eigenvalue weighted by molar-refractivity contribution is 0.148. The van der Waals surface area contributed by atoms with Gasteiger partial charge in [0.25, 0.3) is 0 Å². The molecule has 1 aromatic heterocycles. The topological polar surface area (TPSA) is 58.3 Å². The molecule has 1 aromatic carbocycles. The van der Waals surface area contributed by atoms with E-state index in [2.05, 4.69) is 9.98 Å². The van der Waals surface area contributed by atoms with Crippen molar-refractivity contribution in [1.29, 1.82) is 5.41 Å². The fourth-order valence-electron chi connectivity index (χ4n) is 3.03. The highest BCUT2D eigenvalue weighted by molar-refractivity contribution is 6.31. The number of hydrogen-bond acceptors (Lipinski definition) is 3. The fourth-order valence-corrected chi connectivity index (χ4v) is 3.22. The van der Waals surface area contributed by atoms with Crippen LogP contribution in [-0.2, 0) is 0 Å². The van der Waals surface area contributed by atoms with Gasteiger partial charge in [0.05, 0.1) is 11.3 Å². The second-order valence-electron chi connectivity index (χ2n) is 6.29. The molecule has 25 heavy (non-hydrogen) atoms. The lowest BCUT2D eigenvalue weighted by Crippen LogP contribution is -2.21. The lowest BCUT2D eigenvalue weighted by atomic mass is 9.98. The molecule has 0 bridgehead atoms. The minimum absolute atomic E-state index is 0.174. The molecule has 130 valence electrons. The van der Waals surface area contributed by atoms with Crippen molar-refractivity contribution in [3.63, 3.8) is 0 Å². The number of aliphatic imine (C=N–C) groups is 1. The van der Waals surface area contributed by atoms with E-state index >= 15 is 0 Å². The van der Waals surface area contributed by atoms with Crippen LogP contribution in [0.4, 0.5) is 0 Å². The molecule has 5 heteroatoms. The molecule has 0 saturated heterocycles. The molecule has 1 N–H and O–H groups in total.